The maximum absolute atomic E-state index is 12.3. The molecule has 0 bridgehead atoms. The van der Waals surface area contributed by atoms with Gasteiger partial charge in [-0.25, -0.2) is 0 Å². The van der Waals surface area contributed by atoms with Crippen LogP contribution in [0.1, 0.15) is 26.2 Å². The Balaban J connectivity index is 0.00000625. The monoisotopic (exact) mass is 494 g/mol. The molecule has 26 heavy (non-hydrogen) atoms. The van der Waals surface area contributed by atoms with E-state index in [0.29, 0.717) is 52.0 Å². The second-order valence-electron chi connectivity index (χ2n) is 6.19. The van der Waals surface area contributed by atoms with Gasteiger partial charge in [-0.1, -0.05) is 0 Å². The first-order chi connectivity index (χ1) is 11.8. The van der Waals surface area contributed by atoms with Crippen molar-refractivity contribution in [2.24, 2.45) is 10.9 Å². The summed E-state index contributed by atoms with van der Waals surface area (Å²) < 4.78 is 41.8. The first kappa shape index (κ1) is 25.2. The Bertz CT molecular complexity index is 442. The maximum Gasteiger partial charge on any atom is 0.401 e. The molecule has 0 saturated carbocycles. The summed E-state index contributed by atoms with van der Waals surface area (Å²) in [6.07, 6.45) is -2.14. The lowest BCUT2D eigenvalue weighted by molar-refractivity contribution is -0.149. The smallest absolute Gasteiger partial charge is 0.401 e. The Morgan fingerprint density at radius 1 is 1.35 bits per heavy atom. The van der Waals surface area contributed by atoms with Crippen LogP contribution in [0.3, 0.4) is 0 Å². The predicted octanol–water partition coefficient (Wildman–Crippen LogP) is 2.34. The van der Waals surface area contributed by atoms with Crippen molar-refractivity contribution in [3.05, 3.63) is 0 Å². The van der Waals surface area contributed by atoms with Crippen molar-refractivity contribution in [2.45, 2.75) is 32.4 Å². The van der Waals surface area contributed by atoms with E-state index >= 15 is 0 Å². The molecular weight excluding hydrogens is 464 g/mol. The quantitative estimate of drug-likeness (QED) is 0.194. The first-order valence-corrected chi connectivity index (χ1v) is 8.64. The molecule has 10 heteroatoms. The molecule has 154 valence electrons. The molecule has 1 heterocycles. The second kappa shape index (κ2) is 12.6. The highest BCUT2D eigenvalue weighted by Crippen LogP contribution is 2.19. The van der Waals surface area contributed by atoms with Gasteiger partial charge >= 0.3 is 12.1 Å². The van der Waals surface area contributed by atoms with E-state index in [2.05, 4.69) is 15.2 Å². The standard InChI is InChI=1S/C16H29F3N4O2.HI/c1-4-25-14(24)13-6-10-23(11-7-13)15(20-2)21-8-5-9-22(3)12-16(17,18)19;/h13H,4-12H2,1-3H3,(H,20,21);1H. The summed E-state index contributed by atoms with van der Waals surface area (Å²) in [6.45, 7) is 3.61. The summed E-state index contributed by atoms with van der Waals surface area (Å²) in [5, 5.41) is 3.18. The van der Waals surface area contributed by atoms with Crippen molar-refractivity contribution in [1.82, 2.24) is 15.1 Å². The Kier molecular flexibility index (Phi) is 12.2. The minimum atomic E-state index is -4.17. The van der Waals surface area contributed by atoms with Gasteiger partial charge in [-0.3, -0.25) is 14.7 Å². The van der Waals surface area contributed by atoms with E-state index in [1.165, 1.54) is 11.9 Å². The third-order valence-corrected chi connectivity index (χ3v) is 4.08. The van der Waals surface area contributed by atoms with Crippen molar-refractivity contribution < 1.29 is 22.7 Å². The Hall–Kier alpha value is -0.780. The molecule has 1 saturated heterocycles. The number of halogens is 4. The molecule has 1 rings (SSSR count). The molecule has 1 N–H and O–H groups in total. The number of aliphatic imine (C=N–C) groups is 1. The minimum Gasteiger partial charge on any atom is -0.466 e. The third kappa shape index (κ3) is 9.79. The van der Waals surface area contributed by atoms with Crippen LogP contribution in [0.2, 0.25) is 0 Å². The molecular formula is C16H30F3IN4O2. The average molecular weight is 494 g/mol. The Morgan fingerprint density at radius 2 is 1.96 bits per heavy atom. The van der Waals surface area contributed by atoms with E-state index in [9.17, 15) is 18.0 Å². The van der Waals surface area contributed by atoms with Crippen LogP contribution in [0.4, 0.5) is 13.2 Å². The number of alkyl halides is 3. The number of piperidine rings is 1. The highest BCUT2D eigenvalue weighted by atomic mass is 127. The number of hydrogen-bond acceptors (Lipinski definition) is 4. The number of likely N-dealkylation sites (tertiary alicyclic amines) is 1. The number of nitrogens with zero attached hydrogens (tertiary/aromatic N) is 3. The number of hydrogen-bond donors (Lipinski definition) is 1. The molecule has 0 spiro atoms. The number of carbonyl (C=O) groups is 1. The second-order valence-corrected chi connectivity index (χ2v) is 6.19. The van der Waals surface area contributed by atoms with Crippen LogP contribution in [0, 0.1) is 5.92 Å². The van der Waals surface area contributed by atoms with Crippen LogP contribution in [-0.4, -0.2) is 81.3 Å². The maximum atomic E-state index is 12.3. The lowest BCUT2D eigenvalue weighted by atomic mass is 9.97. The zero-order chi connectivity index (χ0) is 18.9. The van der Waals surface area contributed by atoms with Crippen LogP contribution >= 0.6 is 24.0 Å². The number of carbonyl (C=O) groups excluding carboxylic acids is 1. The van der Waals surface area contributed by atoms with Gasteiger partial charge in [0, 0.05) is 26.7 Å². The topological polar surface area (TPSA) is 57.2 Å². The highest BCUT2D eigenvalue weighted by molar-refractivity contribution is 14.0. The van der Waals surface area contributed by atoms with Crippen LogP contribution in [-0.2, 0) is 9.53 Å². The molecule has 0 aromatic rings. The molecule has 0 aromatic heterocycles. The lowest BCUT2D eigenvalue weighted by Crippen LogP contribution is -2.47. The molecule has 1 aliphatic rings. The fraction of sp³-hybridized carbons (Fsp3) is 0.875. The molecule has 1 fully saturated rings. The molecule has 1 aliphatic heterocycles. The zero-order valence-electron chi connectivity index (χ0n) is 15.6. The van der Waals surface area contributed by atoms with Crippen molar-refractivity contribution in [1.29, 1.82) is 0 Å². The lowest BCUT2D eigenvalue weighted by Gasteiger charge is -2.33. The first-order valence-electron chi connectivity index (χ1n) is 8.64. The van der Waals surface area contributed by atoms with Crippen molar-refractivity contribution >= 4 is 35.9 Å². The molecule has 0 unspecified atom stereocenters. The van der Waals surface area contributed by atoms with Crippen LogP contribution in [0.15, 0.2) is 4.99 Å². The van der Waals surface area contributed by atoms with E-state index in [4.69, 9.17) is 4.74 Å². The molecule has 0 amide bonds. The van der Waals surface area contributed by atoms with Crippen LogP contribution < -0.4 is 5.32 Å². The van der Waals surface area contributed by atoms with Crippen molar-refractivity contribution in [2.75, 3.05) is 53.4 Å². The molecule has 0 aromatic carbocycles. The van der Waals surface area contributed by atoms with Gasteiger partial charge in [-0.05, 0) is 39.8 Å². The Morgan fingerprint density at radius 3 is 2.46 bits per heavy atom. The Labute approximate surface area is 170 Å². The molecule has 6 nitrogen and oxygen atoms in total. The van der Waals surface area contributed by atoms with Gasteiger partial charge in [-0.2, -0.15) is 13.2 Å². The zero-order valence-corrected chi connectivity index (χ0v) is 18.0. The normalized spacial score (nSPS) is 16.4. The SMILES string of the molecule is CCOC(=O)C1CCN(C(=NC)NCCCN(C)CC(F)(F)F)CC1.I. The van der Waals surface area contributed by atoms with Gasteiger partial charge in [0.25, 0.3) is 0 Å². The number of ether oxygens (including phenoxy) is 1. The number of esters is 1. The van der Waals surface area contributed by atoms with Crippen molar-refractivity contribution in [3.8, 4) is 0 Å². The number of rotatable bonds is 7. The van der Waals surface area contributed by atoms with E-state index in [1.54, 1.807) is 14.0 Å². The minimum absolute atomic E-state index is 0. The highest BCUT2D eigenvalue weighted by Gasteiger charge is 2.29. The molecule has 0 atom stereocenters. The van der Waals surface area contributed by atoms with Gasteiger partial charge in [0.15, 0.2) is 5.96 Å². The largest absolute Gasteiger partial charge is 0.466 e. The molecule has 0 radical (unpaired) electrons. The van der Waals surface area contributed by atoms with Gasteiger partial charge in [-0.15, -0.1) is 24.0 Å². The van der Waals surface area contributed by atoms with Gasteiger partial charge < -0.3 is 15.0 Å². The van der Waals surface area contributed by atoms with E-state index in [0.717, 1.165) is 5.96 Å². The summed E-state index contributed by atoms with van der Waals surface area (Å²) >= 11 is 0. The average Bonchev–Trinajstić information content (AvgIpc) is 2.54. The van der Waals surface area contributed by atoms with Crippen LogP contribution in [0.5, 0.6) is 0 Å². The van der Waals surface area contributed by atoms with E-state index in [-0.39, 0.29) is 35.9 Å². The predicted molar refractivity (Wildman–Crippen MR) is 106 cm³/mol. The number of guanidine groups is 1. The van der Waals surface area contributed by atoms with E-state index < -0.39 is 12.7 Å². The van der Waals surface area contributed by atoms with Crippen molar-refractivity contribution in [3.63, 3.8) is 0 Å². The summed E-state index contributed by atoms with van der Waals surface area (Å²) in [7, 11) is 3.14. The van der Waals surface area contributed by atoms with Gasteiger partial charge in [0.05, 0.1) is 19.1 Å². The van der Waals surface area contributed by atoms with Crippen LogP contribution in [0.25, 0.3) is 0 Å². The third-order valence-electron chi connectivity index (χ3n) is 4.08. The summed E-state index contributed by atoms with van der Waals surface area (Å²) in [5.74, 6) is 0.518. The van der Waals surface area contributed by atoms with E-state index in [1.807, 2.05) is 0 Å². The number of nitrogens with one attached hydrogen (secondary N) is 1. The molecule has 0 aliphatic carbocycles. The van der Waals surface area contributed by atoms with Gasteiger partial charge in [0.2, 0.25) is 0 Å². The summed E-state index contributed by atoms with van der Waals surface area (Å²) in [5.41, 5.74) is 0. The van der Waals surface area contributed by atoms with Gasteiger partial charge in [0.1, 0.15) is 0 Å². The summed E-state index contributed by atoms with van der Waals surface area (Å²) in [4.78, 5) is 19.3. The summed E-state index contributed by atoms with van der Waals surface area (Å²) in [6, 6.07) is 0. The fourth-order valence-electron chi connectivity index (χ4n) is 2.85. The fourth-order valence-corrected chi connectivity index (χ4v) is 2.85.